The molecule has 1 aliphatic carbocycles. The Morgan fingerprint density at radius 3 is 2.61 bits per heavy atom. The first-order valence-electron chi connectivity index (χ1n) is 9.93. The average molecular weight is 421 g/mol. The first kappa shape index (κ1) is 21.2. The van der Waals surface area contributed by atoms with Crippen molar-refractivity contribution in [3.05, 3.63) is 52.2 Å². The van der Waals surface area contributed by atoms with Gasteiger partial charge >= 0.3 is 0 Å². The molecule has 1 atom stereocenters. The van der Waals surface area contributed by atoms with Crippen molar-refractivity contribution >= 4 is 29.7 Å². The second-order valence-electron chi connectivity index (χ2n) is 7.74. The van der Waals surface area contributed by atoms with Crippen LogP contribution in [0.4, 0.5) is 0 Å². The normalized spacial score (nSPS) is 19.7. The number of nitrogens with zero attached hydrogens (tertiary/aromatic N) is 1. The number of amides is 1. The van der Waals surface area contributed by atoms with E-state index in [0.29, 0.717) is 24.5 Å². The largest absolute Gasteiger partial charge is 0.494 e. The molecule has 2 aromatic rings. The van der Waals surface area contributed by atoms with Gasteiger partial charge in [-0.05, 0) is 84.8 Å². The summed E-state index contributed by atoms with van der Waals surface area (Å²) in [7, 11) is 0. The smallest absolute Gasteiger partial charge is 0.227 e. The van der Waals surface area contributed by atoms with Gasteiger partial charge in [-0.15, -0.1) is 12.4 Å². The fraction of sp³-hybridized carbons (Fsp3) is 0.500. The number of halogens is 1. The SMILES string of the molecule is CCOc1ccc(CC(=O)N(Cc2ccsc2)C2CC23CCNCC3)cc1.Cl. The maximum atomic E-state index is 13.2. The standard InChI is InChI=1S/C22H28N2O2S.ClH/c1-2-26-19-5-3-17(4-6-19)13-21(25)24(15-18-7-12-27-16-18)20-14-22(20)8-10-23-11-9-22;/h3-7,12,16,20,23H,2,8-11,13-15H2,1H3;1H. The molecule has 1 aromatic heterocycles. The van der Waals surface area contributed by atoms with Gasteiger partial charge in [0.15, 0.2) is 0 Å². The van der Waals surface area contributed by atoms with Crippen LogP contribution in [-0.2, 0) is 17.8 Å². The summed E-state index contributed by atoms with van der Waals surface area (Å²) in [5, 5.41) is 7.71. The number of rotatable bonds is 7. The molecule has 1 amide bonds. The predicted molar refractivity (Wildman–Crippen MR) is 116 cm³/mol. The number of nitrogens with one attached hydrogen (secondary N) is 1. The van der Waals surface area contributed by atoms with E-state index in [1.807, 2.05) is 31.2 Å². The van der Waals surface area contributed by atoms with Crippen molar-refractivity contribution in [2.45, 2.75) is 45.2 Å². The molecule has 4 rings (SSSR count). The zero-order chi connectivity index (χ0) is 18.7. The molecule has 2 heterocycles. The number of carbonyl (C=O) groups is 1. The van der Waals surface area contributed by atoms with Gasteiger partial charge in [-0.2, -0.15) is 11.3 Å². The summed E-state index contributed by atoms with van der Waals surface area (Å²) in [5.41, 5.74) is 2.66. The zero-order valence-corrected chi connectivity index (χ0v) is 18.0. The van der Waals surface area contributed by atoms with Crippen LogP contribution in [0.3, 0.4) is 0 Å². The third-order valence-corrected chi connectivity index (χ3v) is 6.70. The van der Waals surface area contributed by atoms with Gasteiger partial charge in [0.1, 0.15) is 5.75 Å². The van der Waals surface area contributed by atoms with Gasteiger partial charge in [-0.1, -0.05) is 12.1 Å². The summed E-state index contributed by atoms with van der Waals surface area (Å²) in [5.74, 6) is 1.10. The Morgan fingerprint density at radius 2 is 1.96 bits per heavy atom. The van der Waals surface area contributed by atoms with Crippen molar-refractivity contribution in [3.63, 3.8) is 0 Å². The minimum Gasteiger partial charge on any atom is -0.494 e. The first-order valence-corrected chi connectivity index (χ1v) is 10.9. The third-order valence-electron chi connectivity index (χ3n) is 5.97. The van der Waals surface area contributed by atoms with Crippen molar-refractivity contribution < 1.29 is 9.53 Å². The fourth-order valence-corrected chi connectivity index (χ4v) is 4.99. The minimum atomic E-state index is 0. The van der Waals surface area contributed by atoms with Crippen LogP contribution in [0.1, 0.15) is 37.3 Å². The Hall–Kier alpha value is -1.56. The van der Waals surface area contributed by atoms with E-state index >= 15 is 0 Å². The Balaban J connectivity index is 0.00000225. The Labute approximate surface area is 177 Å². The molecule has 1 aliphatic heterocycles. The maximum absolute atomic E-state index is 13.2. The lowest BCUT2D eigenvalue weighted by Gasteiger charge is -2.29. The summed E-state index contributed by atoms with van der Waals surface area (Å²) in [6.07, 6.45) is 4.00. The summed E-state index contributed by atoms with van der Waals surface area (Å²) in [4.78, 5) is 15.4. The molecule has 1 aromatic carbocycles. The minimum absolute atomic E-state index is 0. The molecule has 2 fully saturated rings. The third kappa shape index (κ3) is 4.70. The van der Waals surface area contributed by atoms with Gasteiger partial charge in [-0.25, -0.2) is 0 Å². The number of hydrogen-bond acceptors (Lipinski definition) is 4. The number of carbonyl (C=O) groups excluding carboxylic acids is 1. The highest BCUT2D eigenvalue weighted by atomic mass is 35.5. The van der Waals surface area contributed by atoms with E-state index in [2.05, 4.69) is 27.0 Å². The van der Waals surface area contributed by atoms with Gasteiger partial charge in [-0.3, -0.25) is 4.79 Å². The highest BCUT2D eigenvalue weighted by Gasteiger charge is 2.57. The highest BCUT2D eigenvalue weighted by Crippen LogP contribution is 2.56. The summed E-state index contributed by atoms with van der Waals surface area (Å²) >= 11 is 1.70. The van der Waals surface area contributed by atoms with E-state index in [4.69, 9.17) is 4.74 Å². The lowest BCUT2D eigenvalue weighted by molar-refractivity contribution is -0.132. The quantitative estimate of drug-likeness (QED) is 0.726. The Bertz CT molecular complexity index is 757. The first-order chi connectivity index (χ1) is 13.2. The number of benzene rings is 1. The molecule has 4 nitrogen and oxygen atoms in total. The van der Waals surface area contributed by atoms with E-state index < -0.39 is 0 Å². The van der Waals surface area contributed by atoms with E-state index in [1.165, 1.54) is 18.4 Å². The molecular formula is C22H29ClN2O2S. The second kappa shape index (κ2) is 9.29. The molecule has 0 bridgehead atoms. The van der Waals surface area contributed by atoms with Crippen LogP contribution in [0, 0.1) is 5.41 Å². The van der Waals surface area contributed by atoms with Crippen molar-refractivity contribution in [2.24, 2.45) is 5.41 Å². The topological polar surface area (TPSA) is 41.6 Å². The average Bonchev–Trinajstić information content (AvgIpc) is 3.11. The van der Waals surface area contributed by atoms with Gasteiger partial charge in [0.2, 0.25) is 5.91 Å². The van der Waals surface area contributed by atoms with Crippen molar-refractivity contribution in [1.29, 1.82) is 0 Å². The second-order valence-corrected chi connectivity index (χ2v) is 8.52. The molecule has 1 spiro atoms. The molecule has 2 aliphatic rings. The molecule has 152 valence electrons. The molecule has 1 saturated carbocycles. The van der Waals surface area contributed by atoms with Gasteiger partial charge < -0.3 is 15.0 Å². The van der Waals surface area contributed by atoms with Gasteiger partial charge in [0, 0.05) is 12.6 Å². The summed E-state index contributed by atoms with van der Waals surface area (Å²) in [6.45, 7) is 5.53. The van der Waals surface area contributed by atoms with E-state index in [0.717, 1.165) is 37.4 Å². The number of hydrogen-bond donors (Lipinski definition) is 1. The van der Waals surface area contributed by atoms with Crippen LogP contribution in [-0.4, -0.2) is 36.5 Å². The Morgan fingerprint density at radius 1 is 1.21 bits per heavy atom. The lowest BCUT2D eigenvalue weighted by Crippen LogP contribution is -2.39. The van der Waals surface area contributed by atoms with Crippen LogP contribution < -0.4 is 10.1 Å². The van der Waals surface area contributed by atoms with Crippen molar-refractivity contribution in [3.8, 4) is 5.75 Å². The molecule has 1 unspecified atom stereocenters. The summed E-state index contributed by atoms with van der Waals surface area (Å²) < 4.78 is 5.51. The number of thiophene rings is 1. The van der Waals surface area contributed by atoms with Crippen LogP contribution >= 0.6 is 23.7 Å². The number of piperidine rings is 1. The lowest BCUT2D eigenvalue weighted by atomic mass is 9.93. The predicted octanol–water partition coefficient (Wildman–Crippen LogP) is 4.28. The van der Waals surface area contributed by atoms with Crippen LogP contribution in [0.25, 0.3) is 0 Å². The van der Waals surface area contributed by atoms with Crippen LogP contribution in [0.15, 0.2) is 41.1 Å². The van der Waals surface area contributed by atoms with E-state index in [-0.39, 0.29) is 18.3 Å². The number of ether oxygens (including phenoxy) is 1. The maximum Gasteiger partial charge on any atom is 0.227 e. The van der Waals surface area contributed by atoms with E-state index in [1.54, 1.807) is 11.3 Å². The molecule has 6 heteroatoms. The summed E-state index contributed by atoms with van der Waals surface area (Å²) in [6, 6.07) is 10.5. The molecule has 1 saturated heterocycles. The Kier molecular flexibility index (Phi) is 7.02. The fourth-order valence-electron chi connectivity index (χ4n) is 4.33. The monoisotopic (exact) mass is 420 g/mol. The molecule has 1 N–H and O–H groups in total. The molecule has 28 heavy (non-hydrogen) atoms. The molecular weight excluding hydrogens is 392 g/mol. The van der Waals surface area contributed by atoms with Crippen molar-refractivity contribution in [1.82, 2.24) is 10.2 Å². The highest BCUT2D eigenvalue weighted by molar-refractivity contribution is 7.07. The zero-order valence-electron chi connectivity index (χ0n) is 16.4. The van der Waals surface area contributed by atoms with Gasteiger partial charge in [0.05, 0.1) is 13.0 Å². The van der Waals surface area contributed by atoms with Gasteiger partial charge in [0.25, 0.3) is 0 Å². The van der Waals surface area contributed by atoms with E-state index in [9.17, 15) is 4.79 Å². The van der Waals surface area contributed by atoms with Crippen molar-refractivity contribution in [2.75, 3.05) is 19.7 Å². The molecule has 0 radical (unpaired) electrons. The van der Waals surface area contributed by atoms with Crippen LogP contribution in [0.5, 0.6) is 5.75 Å². The van der Waals surface area contributed by atoms with Crippen LogP contribution in [0.2, 0.25) is 0 Å².